The summed E-state index contributed by atoms with van der Waals surface area (Å²) in [7, 11) is 0. The number of benzene rings is 2. The number of fused-ring (bicyclic) bond motifs is 3. The molecule has 0 unspecified atom stereocenters. The summed E-state index contributed by atoms with van der Waals surface area (Å²) in [4.78, 5) is 25.8. The molecule has 8 heteroatoms. The van der Waals surface area contributed by atoms with Crippen LogP contribution in [0.4, 0.5) is 0 Å². The molecule has 1 saturated carbocycles. The van der Waals surface area contributed by atoms with Crippen molar-refractivity contribution in [2.24, 2.45) is 0 Å². The smallest absolute Gasteiger partial charge is 0.262 e. The summed E-state index contributed by atoms with van der Waals surface area (Å²) in [6.07, 6.45) is 4.65. The Bertz CT molecular complexity index is 1370. The molecule has 0 bridgehead atoms. The molecule has 2 aromatic heterocycles. The Labute approximate surface area is 196 Å². The highest BCUT2D eigenvalue weighted by molar-refractivity contribution is 7.98. The van der Waals surface area contributed by atoms with Gasteiger partial charge in [0.25, 0.3) is 5.56 Å². The van der Waals surface area contributed by atoms with E-state index in [4.69, 9.17) is 0 Å². The molecule has 0 radical (unpaired) electrons. The molecular weight excluding hydrogens is 434 g/mol. The van der Waals surface area contributed by atoms with E-state index in [0.29, 0.717) is 11.2 Å². The predicted octanol–water partition coefficient (Wildman–Crippen LogP) is 4.09. The lowest BCUT2D eigenvalue weighted by atomic mass is 10.1. The minimum absolute atomic E-state index is 0.0197. The summed E-state index contributed by atoms with van der Waals surface area (Å²) in [5, 5.41) is 13.2. The highest BCUT2D eigenvalue weighted by atomic mass is 32.2. The maximum absolute atomic E-state index is 13.3. The van der Waals surface area contributed by atoms with Gasteiger partial charge in [0.2, 0.25) is 11.7 Å². The SMILES string of the molecule is Cc1ccccc1CSc1nnc2n(CCC(=O)NC3CCCC3)c(=O)c3ccccc3n12. The minimum atomic E-state index is -0.144. The summed E-state index contributed by atoms with van der Waals surface area (Å²) in [5.41, 5.74) is 3.10. The number of carbonyl (C=O) groups excluding carboxylic acids is 1. The monoisotopic (exact) mass is 461 g/mol. The second-order valence-corrected chi connectivity index (χ2v) is 9.55. The molecule has 4 aromatic rings. The average Bonchev–Trinajstić information content (AvgIpc) is 3.49. The molecule has 0 spiro atoms. The van der Waals surface area contributed by atoms with Gasteiger partial charge in [-0.1, -0.05) is 61.0 Å². The predicted molar refractivity (Wildman–Crippen MR) is 131 cm³/mol. The average molecular weight is 462 g/mol. The number of para-hydroxylation sites is 1. The first kappa shape index (κ1) is 21.7. The second kappa shape index (κ2) is 9.39. The zero-order valence-electron chi connectivity index (χ0n) is 18.7. The Balaban J connectivity index is 1.47. The second-order valence-electron chi connectivity index (χ2n) is 8.61. The van der Waals surface area contributed by atoms with E-state index in [2.05, 4.69) is 34.6 Å². The summed E-state index contributed by atoms with van der Waals surface area (Å²) >= 11 is 1.59. The van der Waals surface area contributed by atoms with Crippen LogP contribution in [0, 0.1) is 6.92 Å². The van der Waals surface area contributed by atoms with Crippen molar-refractivity contribution in [3.8, 4) is 0 Å². The number of nitrogens with one attached hydrogen (secondary N) is 1. The van der Waals surface area contributed by atoms with Crippen molar-refractivity contribution >= 4 is 34.3 Å². The van der Waals surface area contributed by atoms with Crippen LogP contribution in [0.15, 0.2) is 58.5 Å². The van der Waals surface area contributed by atoms with Crippen LogP contribution in [0.1, 0.15) is 43.2 Å². The molecule has 0 aliphatic heterocycles. The van der Waals surface area contributed by atoms with Crippen molar-refractivity contribution in [1.29, 1.82) is 0 Å². The topological polar surface area (TPSA) is 81.3 Å². The van der Waals surface area contributed by atoms with Gasteiger partial charge in [0.1, 0.15) is 0 Å². The number of hydrogen-bond acceptors (Lipinski definition) is 5. The zero-order valence-corrected chi connectivity index (χ0v) is 19.5. The highest BCUT2D eigenvalue weighted by Crippen LogP contribution is 2.26. The summed E-state index contributed by atoms with van der Waals surface area (Å²) in [5.74, 6) is 1.21. The van der Waals surface area contributed by atoms with Crippen molar-refractivity contribution in [3.05, 3.63) is 70.0 Å². The molecule has 1 aliphatic carbocycles. The first-order valence-corrected chi connectivity index (χ1v) is 12.4. The Morgan fingerprint density at radius 1 is 1.09 bits per heavy atom. The van der Waals surface area contributed by atoms with E-state index in [-0.39, 0.29) is 30.5 Å². The van der Waals surface area contributed by atoms with Crippen molar-refractivity contribution in [2.75, 3.05) is 0 Å². The maximum atomic E-state index is 13.3. The lowest BCUT2D eigenvalue weighted by molar-refractivity contribution is -0.121. The van der Waals surface area contributed by atoms with Gasteiger partial charge in [-0.3, -0.25) is 18.6 Å². The molecule has 33 heavy (non-hydrogen) atoms. The van der Waals surface area contributed by atoms with Crippen LogP contribution in [0.5, 0.6) is 0 Å². The molecule has 2 heterocycles. The van der Waals surface area contributed by atoms with E-state index < -0.39 is 0 Å². The van der Waals surface area contributed by atoms with Gasteiger partial charge < -0.3 is 5.32 Å². The van der Waals surface area contributed by atoms with Gasteiger partial charge in [0, 0.05) is 24.8 Å². The van der Waals surface area contributed by atoms with Crippen LogP contribution in [-0.2, 0) is 17.1 Å². The molecule has 1 N–H and O–H groups in total. The Morgan fingerprint density at radius 2 is 1.85 bits per heavy atom. The number of amides is 1. The standard InChI is InChI=1S/C25H27N5O2S/c1-17-8-2-3-9-18(17)16-33-25-28-27-24-29(15-14-22(31)26-19-10-4-5-11-19)23(32)20-12-6-7-13-21(20)30(24)25/h2-3,6-9,12-13,19H,4-5,10-11,14-16H2,1H3,(H,26,31). The van der Waals surface area contributed by atoms with E-state index in [0.717, 1.165) is 29.3 Å². The van der Waals surface area contributed by atoms with E-state index in [9.17, 15) is 9.59 Å². The fourth-order valence-corrected chi connectivity index (χ4v) is 5.54. The number of aryl methyl sites for hydroxylation is 2. The Hall–Kier alpha value is -3.13. The van der Waals surface area contributed by atoms with Gasteiger partial charge in [0.15, 0.2) is 5.16 Å². The van der Waals surface area contributed by atoms with E-state index in [1.54, 1.807) is 16.3 Å². The summed E-state index contributed by atoms with van der Waals surface area (Å²) in [6, 6.07) is 16.1. The van der Waals surface area contributed by atoms with E-state index in [1.165, 1.54) is 24.0 Å². The number of rotatable bonds is 7. The molecule has 2 aromatic carbocycles. The van der Waals surface area contributed by atoms with Crippen molar-refractivity contribution in [3.63, 3.8) is 0 Å². The quantitative estimate of drug-likeness (QED) is 0.419. The largest absolute Gasteiger partial charge is 0.353 e. The fourth-order valence-electron chi connectivity index (χ4n) is 4.53. The number of carbonyl (C=O) groups is 1. The minimum Gasteiger partial charge on any atom is -0.353 e. The van der Waals surface area contributed by atoms with Crippen molar-refractivity contribution in [1.82, 2.24) is 24.5 Å². The third-order valence-corrected chi connectivity index (χ3v) is 7.36. The molecule has 1 amide bonds. The molecule has 1 fully saturated rings. The molecule has 1 aliphatic rings. The van der Waals surface area contributed by atoms with Crippen molar-refractivity contribution < 1.29 is 4.79 Å². The van der Waals surface area contributed by atoms with E-state index >= 15 is 0 Å². The maximum Gasteiger partial charge on any atom is 0.262 e. The van der Waals surface area contributed by atoms with Crippen LogP contribution in [-0.4, -0.2) is 31.1 Å². The first-order valence-electron chi connectivity index (χ1n) is 11.4. The number of hydrogen-bond donors (Lipinski definition) is 1. The number of thioether (sulfide) groups is 1. The fraction of sp³-hybridized carbons (Fsp3) is 0.360. The lowest BCUT2D eigenvalue weighted by Gasteiger charge is -2.14. The van der Waals surface area contributed by atoms with Crippen LogP contribution in [0.25, 0.3) is 16.7 Å². The number of nitrogens with zero attached hydrogens (tertiary/aromatic N) is 4. The van der Waals surface area contributed by atoms with Gasteiger partial charge >= 0.3 is 0 Å². The Kier molecular flexibility index (Phi) is 6.17. The van der Waals surface area contributed by atoms with Gasteiger partial charge in [0.05, 0.1) is 10.9 Å². The van der Waals surface area contributed by atoms with Crippen LogP contribution >= 0.6 is 11.8 Å². The van der Waals surface area contributed by atoms with Crippen molar-refractivity contribution in [2.45, 2.75) is 62.5 Å². The normalized spacial score (nSPS) is 14.3. The summed E-state index contributed by atoms with van der Waals surface area (Å²) < 4.78 is 3.52. The zero-order chi connectivity index (χ0) is 22.8. The third-order valence-electron chi connectivity index (χ3n) is 6.38. The number of aromatic nitrogens is 4. The van der Waals surface area contributed by atoms with Gasteiger partial charge in [-0.2, -0.15) is 0 Å². The summed E-state index contributed by atoms with van der Waals surface area (Å²) in [6.45, 7) is 2.37. The van der Waals surface area contributed by atoms with Crippen LogP contribution in [0.3, 0.4) is 0 Å². The van der Waals surface area contributed by atoms with E-state index in [1.807, 2.05) is 40.8 Å². The van der Waals surface area contributed by atoms with Gasteiger partial charge in [-0.05, 0) is 43.0 Å². The molecule has 170 valence electrons. The first-order chi connectivity index (χ1) is 16.1. The lowest BCUT2D eigenvalue weighted by Crippen LogP contribution is -2.34. The van der Waals surface area contributed by atoms with Gasteiger partial charge in [-0.15, -0.1) is 10.2 Å². The molecule has 5 rings (SSSR count). The Morgan fingerprint density at radius 3 is 2.67 bits per heavy atom. The third kappa shape index (κ3) is 4.39. The molecule has 7 nitrogen and oxygen atoms in total. The van der Waals surface area contributed by atoms with Crippen LogP contribution < -0.4 is 10.9 Å². The van der Waals surface area contributed by atoms with Crippen LogP contribution in [0.2, 0.25) is 0 Å². The molecular formula is C25H27N5O2S. The molecule has 0 saturated heterocycles. The van der Waals surface area contributed by atoms with Gasteiger partial charge in [-0.25, -0.2) is 0 Å². The molecule has 0 atom stereocenters. The highest BCUT2D eigenvalue weighted by Gasteiger charge is 2.20.